The van der Waals surface area contributed by atoms with Crippen LogP contribution >= 0.6 is 11.6 Å². The number of piperidine rings is 1. The Morgan fingerprint density at radius 1 is 1.14 bits per heavy atom. The minimum absolute atomic E-state index is 0.0400. The number of primary amides is 1. The van der Waals surface area contributed by atoms with E-state index in [1.807, 2.05) is 12.1 Å². The average Bonchev–Trinajstić information content (AvgIpc) is 2.70. The van der Waals surface area contributed by atoms with Gasteiger partial charge in [-0.2, -0.15) is 0 Å². The summed E-state index contributed by atoms with van der Waals surface area (Å²) in [6.45, 7) is 1.91. The van der Waals surface area contributed by atoms with Gasteiger partial charge >= 0.3 is 0 Å². The maximum Gasteiger partial charge on any atom is 0.255 e. The summed E-state index contributed by atoms with van der Waals surface area (Å²) in [5, 5.41) is 1.87. The van der Waals surface area contributed by atoms with Gasteiger partial charge in [0.25, 0.3) is 5.56 Å². The first kappa shape index (κ1) is 19.3. The third kappa shape index (κ3) is 4.03. The van der Waals surface area contributed by atoms with Crippen LogP contribution in [0.3, 0.4) is 0 Å². The van der Waals surface area contributed by atoms with Crippen molar-refractivity contribution in [2.75, 3.05) is 13.1 Å². The molecule has 1 saturated heterocycles. The van der Waals surface area contributed by atoms with E-state index in [0.717, 1.165) is 57.0 Å². The van der Waals surface area contributed by atoms with E-state index in [9.17, 15) is 9.59 Å². The summed E-state index contributed by atoms with van der Waals surface area (Å²) >= 11 is 6.36. The van der Waals surface area contributed by atoms with Crippen LogP contribution in [-0.2, 0) is 4.79 Å². The van der Waals surface area contributed by atoms with E-state index < -0.39 is 0 Å². The Morgan fingerprint density at radius 2 is 1.86 bits per heavy atom. The minimum atomic E-state index is -0.161. The fourth-order valence-electron chi connectivity index (χ4n) is 4.54. The van der Waals surface area contributed by atoms with Gasteiger partial charge in [0, 0.05) is 23.5 Å². The molecule has 2 heterocycles. The number of pyridine rings is 1. The molecule has 0 bridgehead atoms. The van der Waals surface area contributed by atoms with E-state index in [4.69, 9.17) is 22.1 Å². The molecule has 3 N–H and O–H groups in total. The summed E-state index contributed by atoms with van der Waals surface area (Å²) < 4.78 is 6.19. The molecule has 0 spiro atoms. The monoisotopic (exact) mass is 403 g/mol. The number of nitrogens with one attached hydrogen (secondary N) is 1. The zero-order valence-corrected chi connectivity index (χ0v) is 16.6. The van der Waals surface area contributed by atoms with Crippen molar-refractivity contribution in [1.29, 1.82) is 0 Å². The first-order valence-corrected chi connectivity index (χ1v) is 10.4. The molecule has 1 aliphatic carbocycles. The van der Waals surface area contributed by atoms with Gasteiger partial charge in [-0.15, -0.1) is 0 Å². The quantitative estimate of drug-likeness (QED) is 0.821. The number of ether oxygens (including phenoxy) is 1. The summed E-state index contributed by atoms with van der Waals surface area (Å²) in [6.07, 6.45) is 7.63. The van der Waals surface area contributed by atoms with E-state index in [0.29, 0.717) is 22.2 Å². The van der Waals surface area contributed by atoms with E-state index in [2.05, 4.69) is 9.88 Å². The van der Waals surface area contributed by atoms with Gasteiger partial charge < -0.3 is 20.4 Å². The van der Waals surface area contributed by atoms with Crippen LogP contribution in [0.4, 0.5) is 0 Å². The highest BCUT2D eigenvalue weighted by Gasteiger charge is 2.31. The Kier molecular flexibility index (Phi) is 5.60. The molecule has 0 unspecified atom stereocenters. The molecule has 2 fully saturated rings. The highest BCUT2D eigenvalue weighted by molar-refractivity contribution is 6.32. The molecule has 7 heteroatoms. The number of rotatable bonds is 4. The van der Waals surface area contributed by atoms with Crippen LogP contribution in [0.15, 0.2) is 29.2 Å². The molecule has 0 radical (unpaired) electrons. The Bertz CT molecular complexity index is 913. The normalized spacial score (nSPS) is 24.3. The van der Waals surface area contributed by atoms with Gasteiger partial charge in [-0.3, -0.25) is 9.59 Å². The van der Waals surface area contributed by atoms with Crippen molar-refractivity contribution < 1.29 is 9.53 Å². The van der Waals surface area contributed by atoms with Crippen LogP contribution in [0.2, 0.25) is 5.02 Å². The first-order chi connectivity index (χ1) is 13.5. The molecule has 1 saturated carbocycles. The SMILES string of the molecule is NC(=O)C1CCN(C2CCC(Oc3cc4cc[nH]c(=O)c4cc3Cl)CC2)CC1. The molecule has 28 heavy (non-hydrogen) atoms. The standard InChI is InChI=1S/C21H26ClN3O3/c22-18-12-17-14(5-8-24-21(17)27)11-19(18)28-16-3-1-15(2-4-16)25-9-6-13(7-10-25)20(23)26/h5,8,11-13,15-16H,1-4,6-7,9-10H2,(H2,23,26)(H,24,27). The molecular weight excluding hydrogens is 378 g/mol. The van der Waals surface area contributed by atoms with Crippen molar-refractivity contribution in [3.63, 3.8) is 0 Å². The number of halogens is 1. The molecule has 0 atom stereocenters. The van der Waals surface area contributed by atoms with E-state index >= 15 is 0 Å². The maximum atomic E-state index is 11.9. The minimum Gasteiger partial charge on any atom is -0.489 e. The Balaban J connectivity index is 1.35. The zero-order valence-electron chi connectivity index (χ0n) is 15.8. The largest absolute Gasteiger partial charge is 0.489 e. The third-order valence-corrected chi connectivity index (χ3v) is 6.51. The number of benzene rings is 1. The Morgan fingerprint density at radius 3 is 2.54 bits per heavy atom. The van der Waals surface area contributed by atoms with Crippen LogP contribution in [0.25, 0.3) is 10.8 Å². The van der Waals surface area contributed by atoms with Gasteiger partial charge in [0.15, 0.2) is 0 Å². The molecule has 2 aliphatic rings. The second-order valence-corrected chi connectivity index (χ2v) is 8.34. The molecule has 150 valence electrons. The van der Waals surface area contributed by atoms with Crippen molar-refractivity contribution in [3.8, 4) is 5.75 Å². The predicted octanol–water partition coefficient (Wildman–Crippen LogP) is 3.07. The van der Waals surface area contributed by atoms with Crippen molar-refractivity contribution in [1.82, 2.24) is 9.88 Å². The summed E-state index contributed by atoms with van der Waals surface area (Å²) in [4.78, 5) is 28.4. The van der Waals surface area contributed by atoms with Crippen LogP contribution in [0.5, 0.6) is 5.75 Å². The van der Waals surface area contributed by atoms with E-state index in [-0.39, 0.29) is 23.5 Å². The number of nitrogens with two attached hydrogens (primary N) is 1. The zero-order chi connectivity index (χ0) is 19.7. The second-order valence-electron chi connectivity index (χ2n) is 7.94. The lowest BCUT2D eigenvalue weighted by atomic mass is 9.88. The fraction of sp³-hybridized carbons (Fsp3) is 0.524. The number of carbonyl (C=O) groups is 1. The smallest absolute Gasteiger partial charge is 0.255 e. The number of amides is 1. The van der Waals surface area contributed by atoms with Crippen LogP contribution < -0.4 is 16.0 Å². The number of H-pyrrole nitrogens is 1. The summed E-state index contributed by atoms with van der Waals surface area (Å²) in [5.41, 5.74) is 5.29. The lowest BCUT2D eigenvalue weighted by Crippen LogP contribution is -2.46. The number of carbonyl (C=O) groups excluding carboxylic acids is 1. The third-order valence-electron chi connectivity index (χ3n) is 6.21. The van der Waals surface area contributed by atoms with Crippen molar-refractivity contribution >= 4 is 28.3 Å². The molecular formula is C21H26ClN3O3. The van der Waals surface area contributed by atoms with Gasteiger partial charge in [-0.05, 0) is 75.2 Å². The molecule has 2 aromatic rings. The van der Waals surface area contributed by atoms with Crippen molar-refractivity contribution in [2.45, 2.75) is 50.7 Å². The highest BCUT2D eigenvalue weighted by Crippen LogP contribution is 2.33. The van der Waals surface area contributed by atoms with E-state index in [1.54, 1.807) is 12.3 Å². The lowest BCUT2D eigenvalue weighted by molar-refractivity contribution is -0.123. The molecule has 1 amide bonds. The van der Waals surface area contributed by atoms with Crippen molar-refractivity contribution in [2.24, 2.45) is 11.7 Å². The summed E-state index contributed by atoms with van der Waals surface area (Å²) in [7, 11) is 0. The summed E-state index contributed by atoms with van der Waals surface area (Å²) in [5.74, 6) is 0.523. The summed E-state index contributed by atoms with van der Waals surface area (Å²) in [6, 6.07) is 5.94. The molecule has 4 rings (SSSR count). The topological polar surface area (TPSA) is 88.4 Å². The van der Waals surface area contributed by atoms with Crippen LogP contribution in [0.1, 0.15) is 38.5 Å². The Hall–Kier alpha value is -2.05. The Labute approximate surface area is 169 Å². The molecule has 1 aliphatic heterocycles. The van der Waals surface area contributed by atoms with E-state index in [1.165, 1.54) is 0 Å². The van der Waals surface area contributed by atoms with Crippen LogP contribution in [-0.4, -0.2) is 41.0 Å². The average molecular weight is 404 g/mol. The molecule has 1 aromatic heterocycles. The number of aromatic nitrogens is 1. The predicted molar refractivity (Wildman–Crippen MR) is 110 cm³/mol. The van der Waals surface area contributed by atoms with Gasteiger partial charge in [0.1, 0.15) is 5.75 Å². The number of hydrogen-bond donors (Lipinski definition) is 2. The lowest BCUT2D eigenvalue weighted by Gasteiger charge is -2.40. The molecule has 1 aromatic carbocycles. The number of fused-ring (bicyclic) bond motifs is 1. The highest BCUT2D eigenvalue weighted by atomic mass is 35.5. The number of likely N-dealkylation sites (tertiary alicyclic amines) is 1. The maximum absolute atomic E-state index is 11.9. The number of hydrogen-bond acceptors (Lipinski definition) is 4. The molecule has 6 nitrogen and oxygen atoms in total. The number of nitrogens with zero attached hydrogens (tertiary/aromatic N) is 1. The van der Waals surface area contributed by atoms with Gasteiger partial charge in [-0.1, -0.05) is 11.6 Å². The van der Waals surface area contributed by atoms with Crippen molar-refractivity contribution in [3.05, 3.63) is 39.8 Å². The second kappa shape index (κ2) is 8.13. The van der Waals surface area contributed by atoms with Crippen LogP contribution in [0, 0.1) is 5.92 Å². The number of aromatic amines is 1. The van der Waals surface area contributed by atoms with Gasteiger partial charge in [0.05, 0.1) is 11.1 Å². The fourth-order valence-corrected chi connectivity index (χ4v) is 4.74. The van der Waals surface area contributed by atoms with Gasteiger partial charge in [0.2, 0.25) is 5.91 Å². The first-order valence-electron chi connectivity index (χ1n) is 10.0. The van der Waals surface area contributed by atoms with Gasteiger partial charge in [-0.25, -0.2) is 0 Å².